The molecular weight excluding hydrogens is 338 g/mol. The van der Waals surface area contributed by atoms with Gasteiger partial charge in [-0.2, -0.15) is 0 Å². The number of anilines is 1. The highest BCUT2D eigenvalue weighted by Crippen LogP contribution is 2.18. The lowest BCUT2D eigenvalue weighted by atomic mass is 10.1. The van der Waals surface area contributed by atoms with Gasteiger partial charge in [-0.1, -0.05) is 18.2 Å². The lowest BCUT2D eigenvalue weighted by molar-refractivity contribution is 0.0793. The number of rotatable bonds is 6. The van der Waals surface area contributed by atoms with E-state index in [-0.39, 0.29) is 11.8 Å². The van der Waals surface area contributed by atoms with E-state index in [0.717, 1.165) is 37.6 Å². The molecule has 0 unspecified atom stereocenters. The van der Waals surface area contributed by atoms with Crippen LogP contribution < -0.4 is 5.32 Å². The van der Waals surface area contributed by atoms with E-state index in [2.05, 4.69) is 10.2 Å². The summed E-state index contributed by atoms with van der Waals surface area (Å²) in [5.41, 5.74) is 1.20. The molecule has 1 atom stereocenters. The topological polar surface area (TPSA) is 41.6 Å². The van der Waals surface area contributed by atoms with Crippen molar-refractivity contribution in [3.05, 3.63) is 65.2 Å². The maximum atomic E-state index is 13.7. The Hall–Kier alpha value is -2.31. The number of nitrogens with one attached hydrogen (secondary N) is 1. The Morgan fingerprint density at radius 2 is 2.08 bits per heavy atom. The van der Waals surface area contributed by atoms with Gasteiger partial charge in [-0.05, 0) is 49.7 Å². The van der Waals surface area contributed by atoms with Crippen LogP contribution in [-0.2, 0) is 11.3 Å². The third-order valence-electron chi connectivity index (χ3n) is 4.38. The largest absolute Gasteiger partial charge is 0.377 e. The molecule has 0 bridgehead atoms. The molecule has 1 aliphatic heterocycles. The third-order valence-corrected chi connectivity index (χ3v) is 4.38. The smallest absolute Gasteiger partial charge is 0.255 e. The minimum Gasteiger partial charge on any atom is -0.377 e. The van der Waals surface area contributed by atoms with Crippen LogP contribution in [0.3, 0.4) is 0 Å². The van der Waals surface area contributed by atoms with E-state index in [1.807, 2.05) is 13.1 Å². The molecule has 26 heavy (non-hydrogen) atoms. The Bertz CT molecular complexity index is 776. The maximum absolute atomic E-state index is 13.7. The van der Waals surface area contributed by atoms with E-state index in [0.29, 0.717) is 12.1 Å². The average molecular weight is 360 g/mol. The van der Waals surface area contributed by atoms with E-state index in [9.17, 15) is 13.6 Å². The highest BCUT2D eigenvalue weighted by Gasteiger charge is 2.18. The van der Waals surface area contributed by atoms with Crippen LogP contribution in [0.2, 0.25) is 0 Å². The average Bonchev–Trinajstić information content (AvgIpc) is 3.12. The van der Waals surface area contributed by atoms with Crippen LogP contribution in [0.25, 0.3) is 0 Å². The molecule has 0 aromatic heterocycles. The zero-order valence-corrected chi connectivity index (χ0v) is 14.7. The number of benzene rings is 2. The summed E-state index contributed by atoms with van der Waals surface area (Å²) in [4.78, 5) is 14.5. The number of nitrogens with zero attached hydrogens (tertiary/aromatic N) is 1. The second-order valence-corrected chi connectivity index (χ2v) is 6.59. The van der Waals surface area contributed by atoms with Crippen molar-refractivity contribution in [2.45, 2.75) is 25.5 Å². The maximum Gasteiger partial charge on any atom is 0.255 e. The monoisotopic (exact) mass is 360 g/mol. The predicted octanol–water partition coefficient (Wildman–Crippen LogP) is 3.83. The third kappa shape index (κ3) is 4.65. The molecule has 1 amide bonds. The quantitative estimate of drug-likeness (QED) is 0.851. The molecule has 1 fully saturated rings. The molecule has 138 valence electrons. The van der Waals surface area contributed by atoms with Crippen LogP contribution in [0.1, 0.15) is 28.8 Å². The van der Waals surface area contributed by atoms with Crippen molar-refractivity contribution in [2.24, 2.45) is 0 Å². The van der Waals surface area contributed by atoms with E-state index in [4.69, 9.17) is 4.74 Å². The molecular formula is C20H22F2N2O2. The highest BCUT2D eigenvalue weighted by molar-refractivity contribution is 6.04. The fourth-order valence-corrected chi connectivity index (χ4v) is 3.12. The number of carbonyl (C=O) groups excluding carboxylic acids is 1. The summed E-state index contributed by atoms with van der Waals surface area (Å²) in [6.07, 6.45) is 2.44. The van der Waals surface area contributed by atoms with Gasteiger partial charge in [0.05, 0.1) is 11.8 Å². The molecule has 0 radical (unpaired) electrons. The van der Waals surface area contributed by atoms with Crippen molar-refractivity contribution in [3.8, 4) is 0 Å². The molecule has 1 aliphatic rings. The number of hydrogen-bond donors (Lipinski definition) is 1. The van der Waals surface area contributed by atoms with Crippen molar-refractivity contribution in [2.75, 3.05) is 25.5 Å². The molecule has 0 aliphatic carbocycles. The number of halogens is 2. The van der Waals surface area contributed by atoms with Crippen molar-refractivity contribution < 1.29 is 18.3 Å². The molecule has 2 aromatic carbocycles. The highest BCUT2D eigenvalue weighted by atomic mass is 19.2. The summed E-state index contributed by atoms with van der Waals surface area (Å²) in [5, 5.41) is 2.42. The summed E-state index contributed by atoms with van der Waals surface area (Å²) >= 11 is 0. The first-order chi connectivity index (χ1) is 12.5. The van der Waals surface area contributed by atoms with Gasteiger partial charge in [0.2, 0.25) is 0 Å². The second kappa shape index (κ2) is 8.38. The lowest BCUT2D eigenvalue weighted by Crippen LogP contribution is -2.28. The van der Waals surface area contributed by atoms with Crippen molar-refractivity contribution in [1.82, 2.24) is 4.90 Å². The molecule has 6 heteroatoms. The molecule has 1 saturated heterocycles. The zero-order valence-electron chi connectivity index (χ0n) is 14.7. The van der Waals surface area contributed by atoms with Gasteiger partial charge in [-0.3, -0.25) is 9.69 Å². The lowest BCUT2D eigenvalue weighted by Gasteiger charge is -2.20. The Balaban J connectivity index is 1.64. The predicted molar refractivity (Wildman–Crippen MR) is 96.1 cm³/mol. The number of carbonyl (C=O) groups is 1. The van der Waals surface area contributed by atoms with Crippen LogP contribution in [-0.4, -0.2) is 37.1 Å². The molecule has 4 nitrogen and oxygen atoms in total. The standard InChI is InChI=1S/C20H22F2N2O2/c1-24(13-16-7-4-10-26-16)12-14-5-2-6-15(11-14)20(25)23-18-9-3-8-17(21)19(18)22/h2-3,5-6,8-9,11,16H,4,7,10,12-13H2,1H3,(H,23,25)/t16-/m0/s1. The van der Waals surface area contributed by atoms with Crippen molar-refractivity contribution in [3.63, 3.8) is 0 Å². The van der Waals surface area contributed by atoms with E-state index >= 15 is 0 Å². The zero-order chi connectivity index (χ0) is 18.5. The van der Waals surface area contributed by atoms with Crippen LogP contribution >= 0.6 is 0 Å². The Morgan fingerprint density at radius 3 is 2.85 bits per heavy atom. The molecule has 1 heterocycles. The molecule has 3 rings (SSSR count). The summed E-state index contributed by atoms with van der Waals surface area (Å²) in [6.45, 7) is 2.34. The van der Waals surface area contributed by atoms with Crippen LogP contribution in [0, 0.1) is 11.6 Å². The van der Waals surface area contributed by atoms with Gasteiger partial charge in [0.25, 0.3) is 5.91 Å². The number of hydrogen-bond acceptors (Lipinski definition) is 3. The summed E-state index contributed by atoms with van der Waals surface area (Å²) in [7, 11) is 2.01. The number of likely N-dealkylation sites (N-methyl/N-ethyl adjacent to an activating group) is 1. The fourth-order valence-electron chi connectivity index (χ4n) is 3.12. The molecule has 0 spiro atoms. The Morgan fingerprint density at radius 1 is 1.27 bits per heavy atom. The van der Waals surface area contributed by atoms with Gasteiger partial charge in [-0.15, -0.1) is 0 Å². The van der Waals surface area contributed by atoms with E-state index < -0.39 is 17.5 Å². The Kier molecular flexibility index (Phi) is 5.96. The van der Waals surface area contributed by atoms with Gasteiger partial charge < -0.3 is 10.1 Å². The normalized spacial score (nSPS) is 16.8. The first-order valence-corrected chi connectivity index (χ1v) is 8.67. The SMILES string of the molecule is CN(Cc1cccc(C(=O)Nc2cccc(F)c2F)c1)C[C@@H]1CCCO1. The van der Waals surface area contributed by atoms with Crippen LogP contribution in [0.4, 0.5) is 14.5 Å². The minimum atomic E-state index is -1.06. The van der Waals surface area contributed by atoms with E-state index in [1.165, 1.54) is 12.1 Å². The van der Waals surface area contributed by atoms with Gasteiger partial charge >= 0.3 is 0 Å². The van der Waals surface area contributed by atoms with Gasteiger partial charge in [-0.25, -0.2) is 8.78 Å². The van der Waals surface area contributed by atoms with Crippen LogP contribution in [0.5, 0.6) is 0 Å². The fraction of sp³-hybridized carbons (Fsp3) is 0.350. The summed E-state index contributed by atoms with van der Waals surface area (Å²) in [5.74, 6) is -2.53. The van der Waals surface area contributed by atoms with Gasteiger partial charge in [0, 0.05) is 25.3 Å². The van der Waals surface area contributed by atoms with Crippen LogP contribution in [0.15, 0.2) is 42.5 Å². The summed E-state index contributed by atoms with van der Waals surface area (Å²) in [6, 6.07) is 10.8. The molecule has 1 N–H and O–H groups in total. The van der Waals surface area contributed by atoms with Gasteiger partial charge in [0.15, 0.2) is 11.6 Å². The first kappa shape index (κ1) is 18.5. The number of amides is 1. The van der Waals surface area contributed by atoms with E-state index in [1.54, 1.807) is 18.2 Å². The van der Waals surface area contributed by atoms with Crippen molar-refractivity contribution in [1.29, 1.82) is 0 Å². The minimum absolute atomic E-state index is 0.170. The molecule has 0 saturated carbocycles. The van der Waals surface area contributed by atoms with Gasteiger partial charge in [0.1, 0.15) is 0 Å². The summed E-state index contributed by atoms with van der Waals surface area (Å²) < 4.78 is 32.6. The number of ether oxygens (including phenoxy) is 1. The Labute approximate surface area is 151 Å². The second-order valence-electron chi connectivity index (χ2n) is 6.59. The molecule has 2 aromatic rings. The van der Waals surface area contributed by atoms with Crippen molar-refractivity contribution >= 4 is 11.6 Å². The first-order valence-electron chi connectivity index (χ1n) is 8.67.